The molecule has 0 fully saturated rings. The highest BCUT2D eigenvalue weighted by atomic mass is 15.0. The summed E-state index contributed by atoms with van der Waals surface area (Å²) in [7, 11) is 0. The second kappa shape index (κ2) is 11.9. The second-order valence-corrected chi connectivity index (χ2v) is 12.3. The first-order chi connectivity index (χ1) is 22.7. The molecular weight excluding hydrogens is 556 g/mol. The summed E-state index contributed by atoms with van der Waals surface area (Å²) >= 11 is 0. The van der Waals surface area contributed by atoms with Gasteiger partial charge >= 0.3 is 0 Å². The molecule has 2 heteroatoms. The van der Waals surface area contributed by atoms with E-state index in [4.69, 9.17) is 0 Å². The van der Waals surface area contributed by atoms with E-state index in [9.17, 15) is 0 Å². The quantitative estimate of drug-likeness (QED) is 0.162. The number of nitrogens with zero attached hydrogens (tertiary/aromatic N) is 2. The summed E-state index contributed by atoms with van der Waals surface area (Å²) in [4.78, 5) is 0. The number of fused-ring (bicyclic) bond motifs is 6. The lowest BCUT2D eigenvalue weighted by molar-refractivity contribution is 0.778. The Morgan fingerprint density at radius 2 is 1.11 bits per heavy atom. The standard InChI is InChI=1S/C44H38N2/c1-3-45-42-12-8-6-10-38(42)40-29-33(22-28-43(40)45)15-13-31-17-23-35(24-18-31)36-25-19-32(20-26-36)14-16-34-21-27-39-37-9-5-7-11-41(37)46(4-2)44(39)30-34/h6-8,10-30H,3-5,9H2,1-2H3/b15-13+,16-14+. The van der Waals surface area contributed by atoms with Crippen LogP contribution in [0.3, 0.4) is 0 Å². The zero-order valence-electron chi connectivity index (χ0n) is 26.6. The molecule has 0 bridgehead atoms. The van der Waals surface area contributed by atoms with Crippen LogP contribution < -0.4 is 0 Å². The van der Waals surface area contributed by atoms with Crippen LogP contribution in [0.2, 0.25) is 0 Å². The highest BCUT2D eigenvalue weighted by Crippen LogP contribution is 2.33. The fraction of sp³-hybridized carbons (Fsp3) is 0.136. The van der Waals surface area contributed by atoms with Crippen molar-refractivity contribution in [1.82, 2.24) is 9.13 Å². The summed E-state index contributed by atoms with van der Waals surface area (Å²) in [6.45, 7) is 6.41. The molecule has 1 aliphatic rings. The van der Waals surface area contributed by atoms with Crippen LogP contribution in [-0.2, 0) is 19.5 Å². The molecule has 1 aliphatic carbocycles. The van der Waals surface area contributed by atoms with Crippen LogP contribution in [0.5, 0.6) is 0 Å². The van der Waals surface area contributed by atoms with Gasteiger partial charge in [-0.25, -0.2) is 0 Å². The van der Waals surface area contributed by atoms with Crippen molar-refractivity contribution in [3.05, 3.63) is 149 Å². The molecule has 224 valence electrons. The predicted molar refractivity (Wildman–Crippen MR) is 200 cm³/mol. The van der Waals surface area contributed by atoms with Gasteiger partial charge in [0.05, 0.1) is 0 Å². The number of aryl methyl sites for hydroxylation is 3. The van der Waals surface area contributed by atoms with Gasteiger partial charge in [-0.05, 0) is 96.0 Å². The normalized spacial score (nSPS) is 13.2. The van der Waals surface area contributed by atoms with Crippen molar-refractivity contribution in [3.63, 3.8) is 0 Å². The lowest BCUT2D eigenvalue weighted by Gasteiger charge is -2.09. The molecule has 2 aromatic heterocycles. The fourth-order valence-corrected chi connectivity index (χ4v) is 7.25. The van der Waals surface area contributed by atoms with Gasteiger partial charge in [0.2, 0.25) is 0 Å². The van der Waals surface area contributed by atoms with Gasteiger partial charge in [-0.2, -0.15) is 0 Å². The summed E-state index contributed by atoms with van der Waals surface area (Å²) in [5.41, 5.74) is 14.1. The molecule has 0 unspecified atom stereocenters. The maximum Gasteiger partial charge on any atom is 0.0493 e. The molecule has 0 radical (unpaired) electrons. The lowest BCUT2D eigenvalue weighted by atomic mass is 10.00. The van der Waals surface area contributed by atoms with Crippen molar-refractivity contribution in [2.24, 2.45) is 0 Å². The summed E-state index contributed by atoms with van der Waals surface area (Å²) in [5.74, 6) is 0. The number of rotatable bonds is 7. The average Bonchev–Trinajstić information content (AvgIpc) is 3.61. The first-order valence-corrected chi connectivity index (χ1v) is 16.6. The molecule has 0 atom stereocenters. The van der Waals surface area contributed by atoms with Crippen LogP contribution in [0.1, 0.15) is 53.8 Å². The number of para-hydroxylation sites is 1. The number of hydrogen-bond donors (Lipinski definition) is 0. The Hall–Kier alpha value is -5.34. The van der Waals surface area contributed by atoms with Gasteiger partial charge in [0, 0.05) is 51.5 Å². The molecular formula is C44H38N2. The van der Waals surface area contributed by atoms with Crippen molar-refractivity contribution in [1.29, 1.82) is 0 Å². The van der Waals surface area contributed by atoms with Gasteiger partial charge in [-0.15, -0.1) is 0 Å². The third kappa shape index (κ3) is 5.01. The number of benzene rings is 5. The molecule has 0 saturated heterocycles. The van der Waals surface area contributed by atoms with Gasteiger partial charge in [-0.1, -0.05) is 115 Å². The number of hydrogen-bond acceptors (Lipinski definition) is 0. The van der Waals surface area contributed by atoms with E-state index < -0.39 is 0 Å². The van der Waals surface area contributed by atoms with Gasteiger partial charge < -0.3 is 9.13 Å². The largest absolute Gasteiger partial charge is 0.341 e. The SMILES string of the molecule is CCn1c2c(c3ccc(/C=C/c4ccc(-c5ccc(/C=C/c6ccc7c(c6)c6ccccc6n7CC)cc5)cc4)cc31)CCC=C2. The van der Waals surface area contributed by atoms with Crippen LogP contribution in [0.25, 0.3) is 74.2 Å². The molecule has 0 saturated carbocycles. The lowest BCUT2D eigenvalue weighted by Crippen LogP contribution is -2.00. The van der Waals surface area contributed by atoms with E-state index in [2.05, 4.69) is 169 Å². The van der Waals surface area contributed by atoms with E-state index in [1.165, 1.54) is 77.3 Å². The van der Waals surface area contributed by atoms with E-state index >= 15 is 0 Å². The first-order valence-electron chi connectivity index (χ1n) is 16.6. The summed E-state index contributed by atoms with van der Waals surface area (Å²) in [5, 5.41) is 4.04. The van der Waals surface area contributed by atoms with Crippen LogP contribution in [-0.4, -0.2) is 9.13 Å². The molecule has 8 rings (SSSR count). The van der Waals surface area contributed by atoms with E-state index in [-0.39, 0.29) is 0 Å². The zero-order chi connectivity index (χ0) is 31.0. The highest BCUT2D eigenvalue weighted by molar-refractivity contribution is 6.08. The minimum absolute atomic E-state index is 0.968. The summed E-state index contributed by atoms with van der Waals surface area (Å²) in [6.07, 6.45) is 15.8. The van der Waals surface area contributed by atoms with E-state index in [1.807, 2.05) is 0 Å². The molecule has 7 aromatic rings. The minimum Gasteiger partial charge on any atom is -0.341 e. The maximum absolute atomic E-state index is 2.46. The molecule has 2 nitrogen and oxygen atoms in total. The predicted octanol–water partition coefficient (Wildman–Crippen LogP) is 11.8. The molecule has 0 amide bonds. The Bertz CT molecular complexity index is 2300. The average molecular weight is 595 g/mol. The maximum atomic E-state index is 2.46. The topological polar surface area (TPSA) is 9.86 Å². The van der Waals surface area contributed by atoms with E-state index in [0.29, 0.717) is 0 Å². The van der Waals surface area contributed by atoms with Crippen LogP contribution in [0, 0.1) is 0 Å². The Morgan fingerprint density at radius 3 is 1.80 bits per heavy atom. The zero-order valence-corrected chi connectivity index (χ0v) is 26.6. The first kappa shape index (κ1) is 28.2. The Kier molecular flexibility index (Phi) is 7.27. The summed E-state index contributed by atoms with van der Waals surface area (Å²) < 4.78 is 4.86. The molecule has 5 aromatic carbocycles. The van der Waals surface area contributed by atoms with Crippen molar-refractivity contribution in [2.45, 2.75) is 39.8 Å². The number of aromatic nitrogens is 2. The van der Waals surface area contributed by atoms with Crippen molar-refractivity contribution >= 4 is 63.1 Å². The second-order valence-electron chi connectivity index (χ2n) is 12.3. The highest BCUT2D eigenvalue weighted by Gasteiger charge is 2.16. The third-order valence-corrected chi connectivity index (χ3v) is 9.59. The molecule has 0 spiro atoms. The van der Waals surface area contributed by atoms with Crippen molar-refractivity contribution < 1.29 is 0 Å². The molecule has 0 N–H and O–H groups in total. The van der Waals surface area contributed by atoms with Crippen LogP contribution in [0.15, 0.2) is 115 Å². The number of allylic oxidation sites excluding steroid dienone is 1. The van der Waals surface area contributed by atoms with Crippen molar-refractivity contribution in [2.75, 3.05) is 0 Å². The smallest absolute Gasteiger partial charge is 0.0493 e. The van der Waals surface area contributed by atoms with Gasteiger partial charge in [-0.3, -0.25) is 0 Å². The fourth-order valence-electron chi connectivity index (χ4n) is 7.25. The third-order valence-electron chi connectivity index (χ3n) is 9.59. The van der Waals surface area contributed by atoms with Crippen LogP contribution in [0.4, 0.5) is 0 Å². The molecule has 2 heterocycles. The van der Waals surface area contributed by atoms with Gasteiger partial charge in [0.1, 0.15) is 0 Å². The van der Waals surface area contributed by atoms with Crippen LogP contribution >= 0.6 is 0 Å². The van der Waals surface area contributed by atoms with E-state index in [1.54, 1.807) is 0 Å². The van der Waals surface area contributed by atoms with Gasteiger partial charge in [0.25, 0.3) is 0 Å². The summed E-state index contributed by atoms with van der Waals surface area (Å²) in [6, 6.07) is 40.1. The van der Waals surface area contributed by atoms with E-state index in [0.717, 1.165) is 25.9 Å². The Morgan fingerprint density at radius 1 is 0.522 bits per heavy atom. The Balaban J connectivity index is 0.972. The molecule has 0 aliphatic heterocycles. The molecule has 46 heavy (non-hydrogen) atoms. The monoisotopic (exact) mass is 594 g/mol. The Labute approximate surface area is 271 Å². The van der Waals surface area contributed by atoms with Crippen molar-refractivity contribution in [3.8, 4) is 11.1 Å². The minimum atomic E-state index is 0.968. The van der Waals surface area contributed by atoms with Gasteiger partial charge in [0.15, 0.2) is 0 Å².